The number of rotatable bonds is 4. The standard InChI is InChI=1S/C14H27N3O2/c1-3-15-13(18)11(2)16-14(19)17-12-9-7-5-4-6-8-10-12/h11-12H,3-10H2,1-2H3,(H,15,18)(H2,16,17,19)/t11-/m0/s1. The molecule has 1 saturated carbocycles. The van der Waals surface area contributed by atoms with Gasteiger partial charge in [0, 0.05) is 12.6 Å². The maximum absolute atomic E-state index is 11.8. The van der Waals surface area contributed by atoms with Crippen LogP contribution in [0.25, 0.3) is 0 Å². The molecule has 1 aliphatic carbocycles. The maximum Gasteiger partial charge on any atom is 0.315 e. The summed E-state index contributed by atoms with van der Waals surface area (Å²) in [6.07, 6.45) is 8.27. The van der Waals surface area contributed by atoms with Gasteiger partial charge in [0.15, 0.2) is 0 Å². The average molecular weight is 269 g/mol. The Balaban J connectivity index is 2.30. The topological polar surface area (TPSA) is 70.2 Å². The van der Waals surface area contributed by atoms with Crippen molar-refractivity contribution in [1.29, 1.82) is 0 Å². The van der Waals surface area contributed by atoms with E-state index in [1.165, 1.54) is 32.1 Å². The lowest BCUT2D eigenvalue weighted by Crippen LogP contribution is -2.50. The minimum absolute atomic E-state index is 0.143. The minimum atomic E-state index is -0.492. The SMILES string of the molecule is CCNC(=O)[C@H](C)NC(=O)NC1CCCCCCC1. The number of likely N-dealkylation sites (N-methyl/N-ethyl adjacent to an activating group) is 1. The number of carbonyl (C=O) groups is 2. The summed E-state index contributed by atoms with van der Waals surface area (Å²) < 4.78 is 0. The molecule has 1 atom stereocenters. The predicted molar refractivity (Wildman–Crippen MR) is 75.9 cm³/mol. The largest absolute Gasteiger partial charge is 0.355 e. The molecule has 1 aliphatic rings. The van der Waals surface area contributed by atoms with E-state index in [0.29, 0.717) is 6.54 Å². The maximum atomic E-state index is 11.8. The third-order valence-corrected chi connectivity index (χ3v) is 3.53. The van der Waals surface area contributed by atoms with E-state index in [1.54, 1.807) is 6.92 Å². The highest BCUT2D eigenvalue weighted by Crippen LogP contribution is 2.16. The smallest absolute Gasteiger partial charge is 0.315 e. The second-order valence-electron chi connectivity index (χ2n) is 5.28. The van der Waals surface area contributed by atoms with Gasteiger partial charge in [-0.05, 0) is 26.7 Å². The lowest BCUT2D eigenvalue weighted by Gasteiger charge is -2.22. The number of carbonyl (C=O) groups excluding carboxylic acids is 2. The molecule has 0 heterocycles. The van der Waals surface area contributed by atoms with Crippen LogP contribution in [0.2, 0.25) is 0 Å². The monoisotopic (exact) mass is 269 g/mol. The van der Waals surface area contributed by atoms with Gasteiger partial charge in [-0.2, -0.15) is 0 Å². The van der Waals surface area contributed by atoms with Crippen LogP contribution in [0, 0.1) is 0 Å². The molecule has 0 aromatic carbocycles. The third-order valence-electron chi connectivity index (χ3n) is 3.53. The van der Waals surface area contributed by atoms with Crippen LogP contribution >= 0.6 is 0 Å². The van der Waals surface area contributed by atoms with Crippen LogP contribution in [-0.2, 0) is 4.79 Å². The van der Waals surface area contributed by atoms with E-state index in [2.05, 4.69) is 16.0 Å². The molecule has 0 bridgehead atoms. The first-order valence-electron chi connectivity index (χ1n) is 7.48. The molecule has 110 valence electrons. The molecule has 5 nitrogen and oxygen atoms in total. The average Bonchev–Trinajstić information content (AvgIpc) is 2.32. The molecule has 3 N–H and O–H groups in total. The molecular formula is C14H27N3O2. The van der Waals surface area contributed by atoms with Crippen molar-refractivity contribution in [3.05, 3.63) is 0 Å². The molecule has 3 amide bonds. The van der Waals surface area contributed by atoms with E-state index >= 15 is 0 Å². The van der Waals surface area contributed by atoms with E-state index in [9.17, 15) is 9.59 Å². The van der Waals surface area contributed by atoms with Gasteiger partial charge in [-0.1, -0.05) is 32.1 Å². The molecule has 1 rings (SSSR count). The third kappa shape index (κ3) is 6.45. The van der Waals surface area contributed by atoms with Crippen molar-refractivity contribution in [2.75, 3.05) is 6.54 Å². The second-order valence-corrected chi connectivity index (χ2v) is 5.28. The van der Waals surface area contributed by atoms with Gasteiger partial charge >= 0.3 is 6.03 Å². The Labute approximate surface area is 115 Å². The second kappa shape index (κ2) is 8.77. The number of urea groups is 1. The van der Waals surface area contributed by atoms with Gasteiger partial charge in [-0.25, -0.2) is 4.79 Å². The summed E-state index contributed by atoms with van der Waals surface area (Å²) in [5.74, 6) is -0.143. The Morgan fingerprint density at radius 3 is 2.26 bits per heavy atom. The molecule has 0 aliphatic heterocycles. The van der Waals surface area contributed by atoms with E-state index in [0.717, 1.165) is 12.8 Å². The number of hydrogen-bond acceptors (Lipinski definition) is 2. The summed E-state index contributed by atoms with van der Waals surface area (Å²) in [6, 6.07) is -0.473. The predicted octanol–water partition coefficient (Wildman–Crippen LogP) is 1.92. The van der Waals surface area contributed by atoms with Crippen molar-refractivity contribution in [2.45, 2.75) is 70.9 Å². The number of nitrogens with one attached hydrogen (secondary N) is 3. The Morgan fingerprint density at radius 1 is 1.11 bits per heavy atom. The van der Waals surface area contributed by atoms with Crippen LogP contribution in [0.1, 0.15) is 58.8 Å². The van der Waals surface area contributed by atoms with Gasteiger partial charge < -0.3 is 16.0 Å². The minimum Gasteiger partial charge on any atom is -0.355 e. The summed E-state index contributed by atoms with van der Waals surface area (Å²) in [5.41, 5.74) is 0. The first kappa shape index (κ1) is 15.8. The van der Waals surface area contributed by atoms with E-state index in [-0.39, 0.29) is 18.0 Å². The van der Waals surface area contributed by atoms with E-state index in [4.69, 9.17) is 0 Å². The van der Waals surface area contributed by atoms with Gasteiger partial charge in [0.25, 0.3) is 0 Å². The fourth-order valence-electron chi connectivity index (χ4n) is 2.42. The summed E-state index contributed by atoms with van der Waals surface area (Å²) in [5, 5.41) is 8.36. The Bertz CT molecular complexity index is 286. The molecule has 0 aromatic heterocycles. The van der Waals surface area contributed by atoms with Crippen molar-refractivity contribution in [3.8, 4) is 0 Å². The van der Waals surface area contributed by atoms with E-state index in [1.807, 2.05) is 6.92 Å². The zero-order valence-electron chi connectivity index (χ0n) is 12.1. The molecule has 1 fully saturated rings. The highest BCUT2D eigenvalue weighted by atomic mass is 16.2. The normalized spacial score (nSPS) is 18.8. The van der Waals surface area contributed by atoms with Crippen LogP contribution in [-0.4, -0.2) is 30.6 Å². The Kier molecular flexibility index (Phi) is 7.30. The summed E-state index contributed by atoms with van der Waals surface area (Å²) in [4.78, 5) is 23.3. The van der Waals surface area contributed by atoms with Crippen molar-refractivity contribution in [2.24, 2.45) is 0 Å². The fraction of sp³-hybridized carbons (Fsp3) is 0.857. The van der Waals surface area contributed by atoms with E-state index < -0.39 is 6.04 Å². The molecule has 0 unspecified atom stereocenters. The van der Waals surface area contributed by atoms with Crippen LogP contribution in [0.15, 0.2) is 0 Å². The molecule has 0 aromatic rings. The van der Waals surface area contributed by atoms with Crippen molar-refractivity contribution in [1.82, 2.24) is 16.0 Å². The lowest BCUT2D eigenvalue weighted by atomic mass is 9.97. The van der Waals surface area contributed by atoms with Crippen LogP contribution in [0.5, 0.6) is 0 Å². The summed E-state index contributed by atoms with van der Waals surface area (Å²) in [7, 11) is 0. The molecule has 0 radical (unpaired) electrons. The van der Waals surface area contributed by atoms with Gasteiger partial charge in [-0.15, -0.1) is 0 Å². The molecule has 19 heavy (non-hydrogen) atoms. The number of amides is 3. The fourth-order valence-corrected chi connectivity index (χ4v) is 2.42. The number of hydrogen-bond donors (Lipinski definition) is 3. The lowest BCUT2D eigenvalue weighted by molar-refractivity contribution is -0.122. The summed E-state index contributed by atoms with van der Waals surface area (Å²) >= 11 is 0. The highest BCUT2D eigenvalue weighted by Gasteiger charge is 2.17. The summed E-state index contributed by atoms with van der Waals surface area (Å²) in [6.45, 7) is 4.14. The van der Waals surface area contributed by atoms with Crippen LogP contribution < -0.4 is 16.0 Å². The zero-order chi connectivity index (χ0) is 14.1. The van der Waals surface area contributed by atoms with Gasteiger partial charge in [0.1, 0.15) is 6.04 Å². The first-order chi connectivity index (χ1) is 9.13. The van der Waals surface area contributed by atoms with Crippen molar-refractivity contribution < 1.29 is 9.59 Å². The van der Waals surface area contributed by atoms with Crippen molar-refractivity contribution in [3.63, 3.8) is 0 Å². The highest BCUT2D eigenvalue weighted by molar-refractivity contribution is 5.86. The molecule has 5 heteroatoms. The van der Waals surface area contributed by atoms with Crippen LogP contribution in [0.3, 0.4) is 0 Å². The van der Waals surface area contributed by atoms with Gasteiger partial charge in [0.2, 0.25) is 5.91 Å². The quantitative estimate of drug-likeness (QED) is 0.730. The van der Waals surface area contributed by atoms with Crippen LogP contribution in [0.4, 0.5) is 4.79 Å². The Hall–Kier alpha value is -1.26. The molecular weight excluding hydrogens is 242 g/mol. The molecule has 0 spiro atoms. The van der Waals surface area contributed by atoms with Gasteiger partial charge in [-0.3, -0.25) is 4.79 Å². The van der Waals surface area contributed by atoms with Crippen molar-refractivity contribution >= 4 is 11.9 Å². The van der Waals surface area contributed by atoms with Gasteiger partial charge in [0.05, 0.1) is 0 Å². The molecule has 0 saturated heterocycles. The first-order valence-corrected chi connectivity index (χ1v) is 7.48. The zero-order valence-corrected chi connectivity index (χ0v) is 12.1. The Morgan fingerprint density at radius 2 is 1.68 bits per heavy atom.